The van der Waals surface area contributed by atoms with Gasteiger partial charge in [-0.25, -0.2) is 9.78 Å². The summed E-state index contributed by atoms with van der Waals surface area (Å²) in [6, 6.07) is 11.6. The first-order chi connectivity index (χ1) is 12.4. The quantitative estimate of drug-likeness (QED) is 0.579. The third-order valence-electron chi connectivity index (χ3n) is 3.94. The molecule has 1 aromatic carbocycles. The highest BCUT2D eigenvalue weighted by molar-refractivity contribution is 5.89. The molecule has 26 heavy (non-hydrogen) atoms. The lowest BCUT2D eigenvalue weighted by molar-refractivity contribution is -0.144. The van der Waals surface area contributed by atoms with Crippen molar-refractivity contribution in [1.29, 1.82) is 0 Å². The fraction of sp³-hybridized carbons (Fsp3) is 0.381. The lowest BCUT2D eigenvalue weighted by Crippen LogP contribution is -2.35. The summed E-state index contributed by atoms with van der Waals surface area (Å²) in [7, 11) is 0. The van der Waals surface area contributed by atoms with Crippen LogP contribution in [0.3, 0.4) is 0 Å². The minimum Gasteiger partial charge on any atom is -0.452 e. The van der Waals surface area contributed by atoms with Gasteiger partial charge in [-0.2, -0.15) is 0 Å². The topological polar surface area (TPSA) is 68.3 Å². The maximum absolute atomic E-state index is 11.8. The monoisotopic (exact) mass is 354 g/mol. The molecule has 1 aromatic heterocycles. The molecule has 0 saturated carbocycles. The summed E-state index contributed by atoms with van der Waals surface area (Å²) in [4.78, 5) is 28.0. The second kappa shape index (κ2) is 9.70. The number of carbonyl (C=O) groups excluding carboxylic acids is 2. The van der Waals surface area contributed by atoms with E-state index in [1.165, 1.54) is 6.08 Å². The lowest BCUT2D eigenvalue weighted by Gasteiger charge is -2.14. The molecule has 0 fully saturated rings. The SMILES string of the molecule is CC(C)CC[C@H](C)NC(=O)COC(=O)/C=C/c1ccc2ccccc2n1. The van der Waals surface area contributed by atoms with Gasteiger partial charge in [-0.15, -0.1) is 0 Å². The van der Waals surface area contributed by atoms with E-state index in [-0.39, 0.29) is 18.6 Å². The molecule has 1 atom stereocenters. The molecule has 2 aromatic rings. The zero-order valence-electron chi connectivity index (χ0n) is 15.6. The van der Waals surface area contributed by atoms with Gasteiger partial charge in [0.05, 0.1) is 11.2 Å². The van der Waals surface area contributed by atoms with Crippen LogP contribution in [0, 0.1) is 5.92 Å². The summed E-state index contributed by atoms with van der Waals surface area (Å²) in [5, 5.41) is 3.87. The van der Waals surface area contributed by atoms with Crippen molar-refractivity contribution in [3.8, 4) is 0 Å². The molecular weight excluding hydrogens is 328 g/mol. The fourth-order valence-corrected chi connectivity index (χ4v) is 2.48. The number of nitrogens with zero attached hydrogens (tertiary/aromatic N) is 1. The Kier molecular flexibility index (Phi) is 7.33. The summed E-state index contributed by atoms with van der Waals surface area (Å²) in [6.45, 7) is 5.97. The highest BCUT2D eigenvalue weighted by atomic mass is 16.5. The van der Waals surface area contributed by atoms with Gasteiger partial charge >= 0.3 is 5.97 Å². The predicted octanol–water partition coefficient (Wildman–Crippen LogP) is 3.73. The van der Waals surface area contributed by atoms with Crippen molar-refractivity contribution in [2.75, 3.05) is 6.61 Å². The van der Waals surface area contributed by atoms with Crippen LogP contribution < -0.4 is 5.32 Å². The number of aromatic nitrogens is 1. The average molecular weight is 354 g/mol. The molecule has 5 nitrogen and oxygen atoms in total. The third kappa shape index (κ3) is 6.67. The van der Waals surface area contributed by atoms with Crippen molar-refractivity contribution in [3.63, 3.8) is 0 Å². The number of amides is 1. The second-order valence-electron chi connectivity index (χ2n) is 6.81. The van der Waals surface area contributed by atoms with E-state index in [1.807, 2.05) is 43.3 Å². The van der Waals surface area contributed by atoms with Crippen molar-refractivity contribution in [1.82, 2.24) is 10.3 Å². The Labute approximate surface area is 154 Å². The molecule has 0 radical (unpaired) electrons. The summed E-state index contributed by atoms with van der Waals surface area (Å²) in [5.74, 6) is -0.252. The Morgan fingerprint density at radius 2 is 1.88 bits per heavy atom. The standard InChI is InChI=1S/C21H26N2O3/c1-15(2)8-9-16(3)22-20(24)14-26-21(25)13-12-18-11-10-17-6-4-5-7-19(17)23-18/h4-7,10-13,15-16H,8-9,14H2,1-3H3,(H,22,24)/b13-12+/t16-/m0/s1. The molecule has 1 heterocycles. The maximum Gasteiger partial charge on any atom is 0.331 e. The highest BCUT2D eigenvalue weighted by Gasteiger charge is 2.10. The molecule has 0 bridgehead atoms. The van der Waals surface area contributed by atoms with E-state index in [0.717, 1.165) is 23.7 Å². The van der Waals surface area contributed by atoms with Crippen LogP contribution in [0.25, 0.3) is 17.0 Å². The van der Waals surface area contributed by atoms with Crippen LogP contribution in [0.1, 0.15) is 39.3 Å². The van der Waals surface area contributed by atoms with Gasteiger partial charge in [0.2, 0.25) is 0 Å². The van der Waals surface area contributed by atoms with Crippen molar-refractivity contribution in [2.45, 2.75) is 39.7 Å². The Bertz CT molecular complexity index is 784. The van der Waals surface area contributed by atoms with Gasteiger partial charge in [-0.05, 0) is 43.9 Å². The van der Waals surface area contributed by atoms with E-state index < -0.39 is 5.97 Å². The number of hydrogen-bond acceptors (Lipinski definition) is 4. The number of benzene rings is 1. The fourth-order valence-electron chi connectivity index (χ4n) is 2.48. The van der Waals surface area contributed by atoms with Gasteiger partial charge < -0.3 is 10.1 Å². The molecule has 1 N–H and O–H groups in total. The van der Waals surface area contributed by atoms with E-state index in [4.69, 9.17) is 4.74 Å². The molecule has 138 valence electrons. The van der Waals surface area contributed by atoms with Gasteiger partial charge in [-0.1, -0.05) is 38.1 Å². The van der Waals surface area contributed by atoms with Crippen molar-refractivity contribution >= 4 is 28.9 Å². The highest BCUT2D eigenvalue weighted by Crippen LogP contribution is 2.12. The lowest BCUT2D eigenvalue weighted by atomic mass is 10.0. The number of ether oxygens (including phenoxy) is 1. The number of rotatable bonds is 8. The first-order valence-electron chi connectivity index (χ1n) is 8.94. The molecule has 0 saturated heterocycles. The largest absolute Gasteiger partial charge is 0.452 e. The van der Waals surface area contributed by atoms with Crippen LogP contribution in [-0.2, 0) is 14.3 Å². The molecule has 0 unspecified atom stereocenters. The van der Waals surface area contributed by atoms with E-state index >= 15 is 0 Å². The molecule has 0 spiro atoms. The number of fused-ring (bicyclic) bond motifs is 1. The summed E-state index contributed by atoms with van der Waals surface area (Å²) in [5.41, 5.74) is 1.52. The molecule has 2 rings (SSSR count). The van der Waals surface area contributed by atoms with E-state index in [9.17, 15) is 9.59 Å². The van der Waals surface area contributed by atoms with Crippen LogP contribution in [-0.4, -0.2) is 29.5 Å². The van der Waals surface area contributed by atoms with Gasteiger partial charge in [0.25, 0.3) is 5.91 Å². The Balaban J connectivity index is 1.78. The number of para-hydroxylation sites is 1. The zero-order valence-corrected chi connectivity index (χ0v) is 15.6. The smallest absolute Gasteiger partial charge is 0.331 e. The minimum atomic E-state index is -0.565. The van der Waals surface area contributed by atoms with E-state index in [1.54, 1.807) is 6.08 Å². The molecule has 0 aliphatic heterocycles. The van der Waals surface area contributed by atoms with Gasteiger partial charge in [0.15, 0.2) is 6.61 Å². The van der Waals surface area contributed by atoms with Gasteiger partial charge in [0, 0.05) is 17.5 Å². The molecule has 0 aliphatic carbocycles. The molecule has 5 heteroatoms. The summed E-state index contributed by atoms with van der Waals surface area (Å²) < 4.78 is 4.97. The zero-order chi connectivity index (χ0) is 18.9. The second-order valence-corrected chi connectivity index (χ2v) is 6.81. The minimum absolute atomic E-state index is 0.0703. The number of hydrogen-bond donors (Lipinski definition) is 1. The summed E-state index contributed by atoms with van der Waals surface area (Å²) in [6.07, 6.45) is 4.82. The van der Waals surface area contributed by atoms with Crippen LogP contribution in [0.2, 0.25) is 0 Å². The average Bonchev–Trinajstić information content (AvgIpc) is 2.62. The summed E-state index contributed by atoms with van der Waals surface area (Å²) >= 11 is 0. The van der Waals surface area contributed by atoms with E-state index in [0.29, 0.717) is 11.6 Å². The molecule has 1 amide bonds. The number of carbonyl (C=O) groups is 2. The maximum atomic E-state index is 11.8. The van der Waals surface area contributed by atoms with Crippen LogP contribution in [0.4, 0.5) is 0 Å². The predicted molar refractivity (Wildman–Crippen MR) is 103 cm³/mol. The van der Waals surface area contributed by atoms with Crippen LogP contribution in [0.5, 0.6) is 0 Å². The third-order valence-corrected chi connectivity index (χ3v) is 3.94. The first-order valence-corrected chi connectivity index (χ1v) is 8.94. The number of pyridine rings is 1. The number of nitrogens with one attached hydrogen (secondary N) is 1. The van der Waals surface area contributed by atoms with Crippen LogP contribution in [0.15, 0.2) is 42.5 Å². The Morgan fingerprint density at radius 3 is 2.65 bits per heavy atom. The van der Waals surface area contributed by atoms with Crippen molar-refractivity contribution in [3.05, 3.63) is 48.2 Å². The van der Waals surface area contributed by atoms with Gasteiger partial charge in [-0.3, -0.25) is 4.79 Å². The number of esters is 1. The normalized spacial score (nSPS) is 12.5. The molecular formula is C21H26N2O3. The molecule has 0 aliphatic rings. The van der Waals surface area contributed by atoms with Crippen molar-refractivity contribution in [2.24, 2.45) is 5.92 Å². The van der Waals surface area contributed by atoms with Gasteiger partial charge in [0.1, 0.15) is 0 Å². The first kappa shape index (κ1) is 19.6. The van der Waals surface area contributed by atoms with Crippen molar-refractivity contribution < 1.29 is 14.3 Å². The van der Waals surface area contributed by atoms with E-state index in [2.05, 4.69) is 24.1 Å². The Morgan fingerprint density at radius 1 is 1.12 bits per heavy atom. The van der Waals surface area contributed by atoms with Crippen LogP contribution >= 0.6 is 0 Å². The Hall–Kier alpha value is -2.69.